The average Bonchev–Trinajstić information content (AvgIpc) is 3.09. The summed E-state index contributed by atoms with van der Waals surface area (Å²) < 4.78 is 39.4. The summed E-state index contributed by atoms with van der Waals surface area (Å²) in [7, 11) is -4.03. The molecule has 1 aliphatic rings. The van der Waals surface area contributed by atoms with E-state index in [-0.39, 0.29) is 18.2 Å². The Morgan fingerprint density at radius 2 is 2.17 bits per heavy atom. The van der Waals surface area contributed by atoms with Gasteiger partial charge in [0.1, 0.15) is 10.7 Å². The number of sulfonamides is 1. The molecule has 1 fully saturated rings. The van der Waals surface area contributed by atoms with Crippen molar-refractivity contribution in [2.75, 3.05) is 12.3 Å². The Hall–Kier alpha value is -1.18. The Morgan fingerprint density at radius 3 is 2.72 bits per heavy atom. The molecule has 0 radical (unpaired) electrons. The third-order valence-corrected chi connectivity index (χ3v) is 4.43. The van der Waals surface area contributed by atoms with Crippen LogP contribution in [0.4, 0.5) is 10.1 Å². The van der Waals surface area contributed by atoms with Crippen molar-refractivity contribution in [2.24, 2.45) is 5.92 Å². The SMILES string of the molecule is Nc1cccc(F)c1S(=O)(=O)NCC(O)C1CC1. The molecule has 0 amide bonds. The number of rotatable bonds is 5. The molecule has 1 aliphatic carbocycles. The third kappa shape index (κ3) is 2.80. The van der Waals surface area contributed by atoms with E-state index in [9.17, 15) is 17.9 Å². The summed E-state index contributed by atoms with van der Waals surface area (Å²) in [6, 6.07) is 3.68. The standard InChI is InChI=1S/C11H15FN2O3S/c12-8-2-1-3-9(13)11(8)18(16,17)14-6-10(15)7-4-5-7/h1-3,7,10,14-15H,4-6,13H2. The summed E-state index contributed by atoms with van der Waals surface area (Å²) in [6.07, 6.45) is 1.06. The van der Waals surface area contributed by atoms with Crippen LogP contribution in [0.2, 0.25) is 0 Å². The van der Waals surface area contributed by atoms with Gasteiger partial charge in [-0.2, -0.15) is 0 Å². The molecule has 0 heterocycles. The third-order valence-electron chi connectivity index (χ3n) is 2.91. The van der Waals surface area contributed by atoms with Gasteiger partial charge in [-0.3, -0.25) is 0 Å². The molecule has 2 rings (SSSR count). The minimum Gasteiger partial charge on any atom is -0.398 e. The zero-order chi connectivity index (χ0) is 13.3. The first-order valence-electron chi connectivity index (χ1n) is 5.63. The normalized spacial score (nSPS) is 17.7. The number of aliphatic hydroxyl groups excluding tert-OH is 1. The Balaban J connectivity index is 2.14. The topological polar surface area (TPSA) is 92.4 Å². The molecule has 1 aromatic rings. The highest BCUT2D eigenvalue weighted by molar-refractivity contribution is 7.89. The first-order chi connectivity index (χ1) is 8.42. The first kappa shape index (κ1) is 13.3. The average molecular weight is 274 g/mol. The van der Waals surface area contributed by atoms with E-state index in [2.05, 4.69) is 4.72 Å². The molecule has 0 aliphatic heterocycles. The number of benzene rings is 1. The smallest absolute Gasteiger partial charge is 0.245 e. The molecule has 1 saturated carbocycles. The molecule has 100 valence electrons. The van der Waals surface area contributed by atoms with Crippen molar-refractivity contribution in [1.82, 2.24) is 4.72 Å². The van der Waals surface area contributed by atoms with Crippen molar-refractivity contribution in [2.45, 2.75) is 23.8 Å². The van der Waals surface area contributed by atoms with E-state index in [1.165, 1.54) is 12.1 Å². The molecule has 1 atom stereocenters. The van der Waals surface area contributed by atoms with E-state index in [4.69, 9.17) is 5.73 Å². The number of nitrogens with one attached hydrogen (secondary N) is 1. The molecular formula is C11H15FN2O3S. The molecule has 0 saturated heterocycles. The summed E-state index contributed by atoms with van der Waals surface area (Å²) in [4.78, 5) is -0.562. The van der Waals surface area contributed by atoms with Crippen molar-refractivity contribution in [3.8, 4) is 0 Å². The van der Waals surface area contributed by atoms with Crippen LogP contribution in [0.1, 0.15) is 12.8 Å². The largest absolute Gasteiger partial charge is 0.398 e. The summed E-state index contributed by atoms with van der Waals surface area (Å²) in [5.41, 5.74) is 5.31. The molecule has 0 aromatic heterocycles. The van der Waals surface area contributed by atoms with Crippen LogP contribution in [-0.4, -0.2) is 26.2 Å². The maximum absolute atomic E-state index is 13.5. The van der Waals surface area contributed by atoms with Gasteiger partial charge < -0.3 is 10.8 Å². The Morgan fingerprint density at radius 1 is 1.50 bits per heavy atom. The van der Waals surface area contributed by atoms with E-state index in [0.29, 0.717) is 0 Å². The number of halogens is 1. The van der Waals surface area contributed by atoms with E-state index >= 15 is 0 Å². The van der Waals surface area contributed by atoms with Crippen LogP contribution in [-0.2, 0) is 10.0 Å². The van der Waals surface area contributed by atoms with Gasteiger partial charge in [-0.25, -0.2) is 17.5 Å². The van der Waals surface area contributed by atoms with Gasteiger partial charge in [-0.05, 0) is 30.9 Å². The fraction of sp³-hybridized carbons (Fsp3) is 0.455. The zero-order valence-electron chi connectivity index (χ0n) is 9.64. The first-order valence-corrected chi connectivity index (χ1v) is 7.12. The zero-order valence-corrected chi connectivity index (χ0v) is 10.5. The lowest BCUT2D eigenvalue weighted by atomic mass is 10.2. The van der Waals surface area contributed by atoms with Crippen molar-refractivity contribution < 1.29 is 17.9 Å². The van der Waals surface area contributed by atoms with Crippen LogP contribution < -0.4 is 10.5 Å². The van der Waals surface area contributed by atoms with E-state index < -0.39 is 26.8 Å². The molecule has 1 unspecified atom stereocenters. The summed E-state index contributed by atoms with van der Waals surface area (Å²) in [5, 5.41) is 9.59. The number of hydrogen-bond acceptors (Lipinski definition) is 4. The van der Waals surface area contributed by atoms with Crippen LogP contribution in [0.15, 0.2) is 23.1 Å². The molecule has 5 nitrogen and oxygen atoms in total. The number of aliphatic hydroxyl groups is 1. The van der Waals surface area contributed by atoms with Gasteiger partial charge >= 0.3 is 0 Å². The highest BCUT2D eigenvalue weighted by Gasteiger charge is 2.31. The van der Waals surface area contributed by atoms with E-state index in [1.54, 1.807) is 0 Å². The number of nitrogen functional groups attached to an aromatic ring is 1. The minimum atomic E-state index is -4.03. The summed E-state index contributed by atoms with van der Waals surface area (Å²) in [6.45, 7) is -0.124. The van der Waals surface area contributed by atoms with Crippen LogP contribution in [0.3, 0.4) is 0 Å². The number of hydrogen-bond donors (Lipinski definition) is 3. The summed E-state index contributed by atoms with van der Waals surface area (Å²) >= 11 is 0. The highest BCUT2D eigenvalue weighted by atomic mass is 32.2. The Labute approximate surface area is 105 Å². The molecule has 1 aromatic carbocycles. The van der Waals surface area contributed by atoms with Crippen molar-refractivity contribution in [1.29, 1.82) is 0 Å². The Kier molecular flexibility index (Phi) is 3.56. The predicted octanol–water partition coefficient (Wildman–Crippen LogP) is 0.457. The number of anilines is 1. The molecule has 0 bridgehead atoms. The second-order valence-electron chi connectivity index (χ2n) is 4.41. The highest BCUT2D eigenvalue weighted by Crippen LogP contribution is 2.32. The van der Waals surface area contributed by atoms with Crippen molar-refractivity contribution in [3.63, 3.8) is 0 Å². The number of nitrogens with two attached hydrogens (primary N) is 1. The van der Waals surface area contributed by atoms with E-state index in [0.717, 1.165) is 18.9 Å². The quantitative estimate of drug-likeness (QED) is 0.680. The van der Waals surface area contributed by atoms with Gasteiger partial charge in [0.05, 0.1) is 11.8 Å². The molecular weight excluding hydrogens is 259 g/mol. The second-order valence-corrected chi connectivity index (χ2v) is 6.12. The monoisotopic (exact) mass is 274 g/mol. The fourth-order valence-electron chi connectivity index (χ4n) is 1.72. The van der Waals surface area contributed by atoms with Gasteiger partial charge in [0.15, 0.2) is 0 Å². The van der Waals surface area contributed by atoms with Gasteiger partial charge in [-0.15, -0.1) is 0 Å². The maximum Gasteiger partial charge on any atom is 0.245 e. The lowest BCUT2D eigenvalue weighted by Crippen LogP contribution is -2.34. The van der Waals surface area contributed by atoms with Gasteiger partial charge in [0.25, 0.3) is 0 Å². The van der Waals surface area contributed by atoms with Crippen LogP contribution in [0, 0.1) is 11.7 Å². The van der Waals surface area contributed by atoms with Crippen molar-refractivity contribution >= 4 is 15.7 Å². The van der Waals surface area contributed by atoms with Crippen LogP contribution in [0.5, 0.6) is 0 Å². The van der Waals surface area contributed by atoms with Crippen molar-refractivity contribution in [3.05, 3.63) is 24.0 Å². The Bertz CT molecular complexity index is 523. The van der Waals surface area contributed by atoms with Gasteiger partial charge in [-0.1, -0.05) is 6.07 Å². The van der Waals surface area contributed by atoms with Crippen LogP contribution in [0.25, 0.3) is 0 Å². The molecule has 0 spiro atoms. The maximum atomic E-state index is 13.5. The molecule has 18 heavy (non-hydrogen) atoms. The van der Waals surface area contributed by atoms with E-state index in [1.807, 2.05) is 0 Å². The predicted molar refractivity (Wildman–Crippen MR) is 64.7 cm³/mol. The molecule has 7 heteroatoms. The lowest BCUT2D eigenvalue weighted by molar-refractivity contribution is 0.155. The molecule has 4 N–H and O–H groups in total. The minimum absolute atomic E-state index is 0.124. The summed E-state index contributed by atoms with van der Waals surface area (Å²) in [5.74, 6) is -0.755. The second kappa shape index (κ2) is 4.83. The lowest BCUT2D eigenvalue weighted by Gasteiger charge is -2.13. The fourth-order valence-corrected chi connectivity index (χ4v) is 2.96. The van der Waals surface area contributed by atoms with Gasteiger partial charge in [0, 0.05) is 6.54 Å². The van der Waals surface area contributed by atoms with Gasteiger partial charge in [0.2, 0.25) is 10.0 Å². The van der Waals surface area contributed by atoms with Crippen LogP contribution >= 0.6 is 0 Å².